The van der Waals surface area contributed by atoms with Gasteiger partial charge in [-0.05, 0) is 70.9 Å². The van der Waals surface area contributed by atoms with Gasteiger partial charge in [0.1, 0.15) is 11.6 Å². The number of aromatic hydroxyl groups is 1. The average molecular weight is 437 g/mol. The Morgan fingerprint density at radius 3 is 2.41 bits per heavy atom. The molecular formula is C25H36N6O. The van der Waals surface area contributed by atoms with E-state index in [9.17, 15) is 5.11 Å². The van der Waals surface area contributed by atoms with E-state index in [4.69, 9.17) is 0 Å². The van der Waals surface area contributed by atoms with E-state index >= 15 is 0 Å². The fourth-order valence-corrected chi connectivity index (χ4v) is 3.47. The van der Waals surface area contributed by atoms with Gasteiger partial charge in [0.25, 0.3) is 0 Å². The molecule has 4 rings (SSSR count). The summed E-state index contributed by atoms with van der Waals surface area (Å²) in [6, 6.07) is 5.62. The predicted molar refractivity (Wildman–Crippen MR) is 132 cm³/mol. The molecule has 0 aliphatic carbocycles. The van der Waals surface area contributed by atoms with Crippen LogP contribution in [0.15, 0.2) is 52.4 Å². The lowest BCUT2D eigenvalue weighted by molar-refractivity contribution is 0.469. The molecule has 2 aliphatic rings. The van der Waals surface area contributed by atoms with Gasteiger partial charge in [-0.25, -0.2) is 0 Å². The molecule has 0 amide bonds. The molecule has 0 unspecified atom stereocenters. The maximum Gasteiger partial charge on any atom is 0.131 e. The van der Waals surface area contributed by atoms with Gasteiger partial charge in [0.05, 0.1) is 11.9 Å². The number of aromatic amines is 1. The zero-order chi connectivity index (χ0) is 23.1. The van der Waals surface area contributed by atoms with Gasteiger partial charge in [0.2, 0.25) is 0 Å². The van der Waals surface area contributed by atoms with Crippen LogP contribution in [0, 0.1) is 0 Å². The van der Waals surface area contributed by atoms with Crippen molar-refractivity contribution in [2.24, 2.45) is 10.2 Å². The number of phenols is 1. The summed E-state index contributed by atoms with van der Waals surface area (Å²) in [5, 5.41) is 29.4. The molecule has 1 aromatic heterocycles. The number of aromatic nitrogens is 2. The quantitative estimate of drug-likeness (QED) is 0.649. The second-order valence-electron chi connectivity index (χ2n) is 9.25. The first kappa shape index (κ1) is 23.7. The Hall–Kier alpha value is -2.93. The summed E-state index contributed by atoms with van der Waals surface area (Å²) in [6.45, 7) is 10.7. The summed E-state index contributed by atoms with van der Waals surface area (Å²) in [6.07, 6.45) is 9.82. The van der Waals surface area contributed by atoms with Crippen LogP contribution in [0.1, 0.15) is 58.9 Å². The van der Waals surface area contributed by atoms with E-state index in [2.05, 4.69) is 64.4 Å². The van der Waals surface area contributed by atoms with Crippen LogP contribution in [0.25, 0.3) is 11.1 Å². The molecule has 0 radical (unpaired) electrons. The van der Waals surface area contributed by atoms with E-state index in [-0.39, 0.29) is 5.75 Å². The van der Waals surface area contributed by atoms with E-state index in [0.29, 0.717) is 16.8 Å². The number of rotatable bonds is 3. The van der Waals surface area contributed by atoms with Gasteiger partial charge in [0.15, 0.2) is 0 Å². The zero-order valence-corrected chi connectivity index (χ0v) is 19.9. The van der Waals surface area contributed by atoms with Crippen molar-refractivity contribution < 1.29 is 5.11 Å². The van der Waals surface area contributed by atoms with E-state index in [1.54, 1.807) is 18.5 Å². The van der Waals surface area contributed by atoms with Gasteiger partial charge >= 0.3 is 0 Å². The summed E-state index contributed by atoms with van der Waals surface area (Å²) in [5.41, 5.74) is 4.84. The predicted octanol–water partition coefficient (Wildman–Crippen LogP) is 4.73. The van der Waals surface area contributed by atoms with Gasteiger partial charge in [-0.3, -0.25) is 5.10 Å². The van der Waals surface area contributed by atoms with Crippen molar-refractivity contribution in [3.8, 4) is 16.9 Å². The lowest BCUT2D eigenvalue weighted by Gasteiger charge is -2.18. The van der Waals surface area contributed by atoms with Gasteiger partial charge in [-0.15, -0.1) is 10.2 Å². The van der Waals surface area contributed by atoms with Gasteiger partial charge < -0.3 is 15.3 Å². The summed E-state index contributed by atoms with van der Waals surface area (Å²) < 4.78 is 0. The Labute approximate surface area is 191 Å². The molecular weight excluding hydrogens is 400 g/mol. The van der Waals surface area contributed by atoms with Crippen LogP contribution in [-0.4, -0.2) is 57.4 Å². The molecule has 2 aromatic rings. The second-order valence-corrected chi connectivity index (χ2v) is 9.25. The topological polar surface area (TPSA) is 88.9 Å². The molecule has 3 heterocycles. The fourth-order valence-electron chi connectivity index (χ4n) is 3.47. The van der Waals surface area contributed by atoms with Crippen LogP contribution in [-0.2, 0) is 0 Å². The lowest BCUT2D eigenvalue weighted by atomic mass is 10.00. The highest BCUT2D eigenvalue weighted by molar-refractivity contribution is 6.12. The number of allylic oxidation sites excluding steroid dienone is 1. The molecule has 1 saturated heterocycles. The number of phenolic OH excluding ortho intramolecular Hbond substituents is 1. The van der Waals surface area contributed by atoms with Crippen molar-refractivity contribution >= 4 is 11.5 Å². The van der Waals surface area contributed by atoms with Crippen LogP contribution >= 0.6 is 0 Å². The van der Waals surface area contributed by atoms with Crippen molar-refractivity contribution in [2.45, 2.75) is 58.9 Å². The minimum absolute atomic E-state index is 0.203. The molecule has 0 saturated carbocycles. The number of benzene rings is 1. The number of nitrogens with zero attached hydrogens (tertiary/aromatic N) is 4. The first-order chi connectivity index (χ1) is 15.3. The van der Waals surface area contributed by atoms with E-state index in [0.717, 1.165) is 42.9 Å². The van der Waals surface area contributed by atoms with Crippen molar-refractivity contribution in [2.75, 3.05) is 20.1 Å². The van der Waals surface area contributed by atoms with Crippen molar-refractivity contribution in [1.29, 1.82) is 0 Å². The third-order valence-corrected chi connectivity index (χ3v) is 5.78. The third kappa shape index (κ3) is 6.29. The molecule has 7 heteroatoms. The molecule has 2 aliphatic heterocycles. The summed E-state index contributed by atoms with van der Waals surface area (Å²) in [7, 11) is 1.96. The Morgan fingerprint density at radius 2 is 1.84 bits per heavy atom. The van der Waals surface area contributed by atoms with Crippen molar-refractivity contribution in [1.82, 2.24) is 20.4 Å². The van der Waals surface area contributed by atoms with E-state index in [1.807, 2.05) is 19.2 Å². The number of likely N-dealkylation sites (tertiary alicyclic amines) is 1. The van der Waals surface area contributed by atoms with Gasteiger partial charge in [0, 0.05) is 42.4 Å². The van der Waals surface area contributed by atoms with Crippen molar-refractivity contribution in [3.63, 3.8) is 0 Å². The number of hydrogen-bond acceptors (Lipinski definition) is 6. The largest absolute Gasteiger partial charge is 0.507 e. The summed E-state index contributed by atoms with van der Waals surface area (Å²) in [4.78, 5) is 2.33. The highest BCUT2D eigenvalue weighted by Crippen LogP contribution is 2.28. The molecule has 0 bridgehead atoms. The molecule has 0 spiro atoms. The maximum absolute atomic E-state index is 10.6. The third-order valence-electron chi connectivity index (χ3n) is 5.78. The van der Waals surface area contributed by atoms with Gasteiger partial charge in [-0.2, -0.15) is 5.10 Å². The van der Waals surface area contributed by atoms with Crippen molar-refractivity contribution in [3.05, 3.63) is 47.8 Å². The first-order valence-electron chi connectivity index (χ1n) is 11.4. The zero-order valence-electron chi connectivity index (χ0n) is 19.9. The maximum atomic E-state index is 10.6. The molecule has 0 atom stereocenters. The molecule has 32 heavy (non-hydrogen) atoms. The Balaban J connectivity index is 0.000000427. The number of amidine groups is 1. The summed E-state index contributed by atoms with van der Waals surface area (Å²) >= 11 is 0. The summed E-state index contributed by atoms with van der Waals surface area (Å²) in [5.74, 6) is 1.24. The van der Waals surface area contributed by atoms with Crippen LogP contribution in [0.2, 0.25) is 0 Å². The van der Waals surface area contributed by atoms with Gasteiger partial charge in [-0.1, -0.05) is 18.6 Å². The Morgan fingerprint density at radius 1 is 1.12 bits per heavy atom. The Bertz CT molecular complexity index is 976. The second kappa shape index (κ2) is 10.6. The lowest BCUT2D eigenvalue weighted by Crippen LogP contribution is -2.31. The van der Waals surface area contributed by atoms with Crippen LogP contribution < -0.4 is 5.32 Å². The highest BCUT2D eigenvalue weighted by atomic mass is 16.3. The standard InChI is InChI=1S/C20H23N5O.C5H13N/c1-2-14-9-18(23-24-20(10-14)25-7-3-4-8-25)17-6-5-15(11-19(17)26)16-12-21-22-13-16;1-5(2,3)6-4/h5-6,9,11-13,26H,2-4,7-8,10H2,1H3,(H,21,22);6H,1-4H3. The molecule has 172 valence electrons. The van der Waals surface area contributed by atoms with E-state index in [1.165, 1.54) is 18.4 Å². The minimum atomic E-state index is 0.203. The monoisotopic (exact) mass is 436 g/mol. The van der Waals surface area contributed by atoms with Crippen LogP contribution in [0.5, 0.6) is 5.75 Å². The molecule has 7 nitrogen and oxygen atoms in total. The minimum Gasteiger partial charge on any atom is -0.507 e. The van der Waals surface area contributed by atoms with Crippen LogP contribution in [0.3, 0.4) is 0 Å². The molecule has 1 aromatic carbocycles. The molecule has 1 fully saturated rings. The van der Waals surface area contributed by atoms with Crippen LogP contribution in [0.4, 0.5) is 0 Å². The first-order valence-corrected chi connectivity index (χ1v) is 11.4. The number of hydrogen-bond donors (Lipinski definition) is 3. The number of nitrogens with one attached hydrogen (secondary N) is 2. The number of H-pyrrole nitrogens is 1. The smallest absolute Gasteiger partial charge is 0.131 e. The van der Waals surface area contributed by atoms with E-state index < -0.39 is 0 Å². The fraction of sp³-hybridized carbons (Fsp3) is 0.480. The highest BCUT2D eigenvalue weighted by Gasteiger charge is 2.20. The molecule has 3 N–H and O–H groups in total. The Kier molecular flexibility index (Phi) is 7.85. The average Bonchev–Trinajstić information content (AvgIpc) is 3.46. The SMILES string of the molecule is CCC1=CC(c2ccc(-c3cn[nH]c3)cc2O)=NN=C(N2CCCC2)C1.CNC(C)(C)C. The normalized spacial score (nSPS) is 16.5.